The van der Waals surface area contributed by atoms with Crippen LogP contribution >= 0.6 is 11.6 Å². The van der Waals surface area contributed by atoms with Gasteiger partial charge in [0.25, 0.3) is 11.8 Å². The molecule has 3 heterocycles. The second kappa shape index (κ2) is 6.25. The number of nitrogens with zero attached hydrogens (tertiary/aromatic N) is 4. The van der Waals surface area contributed by atoms with E-state index in [0.717, 1.165) is 21.7 Å². The summed E-state index contributed by atoms with van der Waals surface area (Å²) >= 11 is 6.05. The van der Waals surface area contributed by atoms with E-state index in [-0.39, 0.29) is 11.8 Å². The summed E-state index contributed by atoms with van der Waals surface area (Å²) in [7, 11) is 1.48. The lowest BCUT2D eigenvalue weighted by Gasteiger charge is -2.06. The van der Waals surface area contributed by atoms with E-state index in [0.29, 0.717) is 32.9 Å². The quantitative estimate of drug-likeness (QED) is 0.469. The van der Waals surface area contributed by atoms with Gasteiger partial charge in [-0.05, 0) is 30.7 Å². The van der Waals surface area contributed by atoms with E-state index in [2.05, 4.69) is 4.98 Å². The second-order valence-electron chi connectivity index (χ2n) is 6.97. The fourth-order valence-corrected chi connectivity index (χ4v) is 3.81. The highest BCUT2D eigenvalue weighted by atomic mass is 35.5. The van der Waals surface area contributed by atoms with Crippen LogP contribution in [0.25, 0.3) is 28.0 Å². The third-order valence-electron chi connectivity index (χ3n) is 5.21. The van der Waals surface area contributed by atoms with E-state index >= 15 is 0 Å². The van der Waals surface area contributed by atoms with Crippen molar-refractivity contribution in [3.63, 3.8) is 0 Å². The van der Waals surface area contributed by atoms with Crippen molar-refractivity contribution < 1.29 is 9.59 Å². The van der Waals surface area contributed by atoms with Crippen LogP contribution in [0.3, 0.4) is 0 Å². The molecule has 0 saturated heterocycles. The first kappa shape index (κ1) is 17.6. The molecule has 4 aromatic rings. The van der Waals surface area contributed by atoms with Crippen LogP contribution in [-0.4, -0.2) is 38.5 Å². The number of hydrogen-bond acceptors (Lipinski definition) is 4. The van der Waals surface area contributed by atoms with Crippen LogP contribution in [0.5, 0.6) is 0 Å². The highest BCUT2D eigenvalue weighted by Gasteiger charge is 2.37. The summed E-state index contributed by atoms with van der Waals surface area (Å²) in [5.74, 6) is -0.706. The fourth-order valence-electron chi connectivity index (χ4n) is 3.69. The summed E-state index contributed by atoms with van der Waals surface area (Å²) in [6.07, 6.45) is 1.46. The lowest BCUT2D eigenvalue weighted by Crippen LogP contribution is -2.24. The number of halogens is 1. The molecule has 6 nitrogen and oxygen atoms in total. The number of hydrogen-bond donors (Lipinski definition) is 0. The molecule has 1 aliphatic rings. The van der Waals surface area contributed by atoms with Crippen molar-refractivity contribution in [1.29, 1.82) is 0 Å². The van der Waals surface area contributed by atoms with Gasteiger partial charge in [-0.2, -0.15) is 5.10 Å². The van der Waals surface area contributed by atoms with E-state index < -0.39 is 0 Å². The molecule has 0 bridgehead atoms. The van der Waals surface area contributed by atoms with Crippen LogP contribution in [0.4, 0.5) is 0 Å². The van der Waals surface area contributed by atoms with Crippen molar-refractivity contribution in [1.82, 2.24) is 19.7 Å². The maximum Gasteiger partial charge on any atom is 0.262 e. The molecule has 2 aromatic heterocycles. The predicted octanol–water partition coefficient (Wildman–Crippen LogP) is 4.28. The third kappa shape index (κ3) is 2.49. The number of rotatable bonds is 2. The Morgan fingerprint density at radius 3 is 2.41 bits per heavy atom. The number of para-hydroxylation sites is 1. The van der Waals surface area contributed by atoms with E-state index in [1.807, 2.05) is 43.3 Å². The Hall–Kier alpha value is -3.51. The third-order valence-corrected chi connectivity index (χ3v) is 5.46. The smallest absolute Gasteiger partial charge is 0.262 e. The lowest BCUT2D eigenvalue weighted by molar-refractivity contribution is 0.0693. The van der Waals surface area contributed by atoms with Crippen LogP contribution in [0.1, 0.15) is 26.3 Å². The molecule has 1 aliphatic heterocycles. The van der Waals surface area contributed by atoms with Gasteiger partial charge in [0.15, 0.2) is 5.65 Å². The number of aromatic nitrogens is 3. The molecular formula is C22H15ClN4O2. The number of amides is 2. The predicted molar refractivity (Wildman–Crippen MR) is 110 cm³/mol. The van der Waals surface area contributed by atoms with Crippen molar-refractivity contribution >= 4 is 34.4 Å². The van der Waals surface area contributed by atoms with E-state index in [1.54, 1.807) is 16.8 Å². The number of benzene rings is 2. The van der Waals surface area contributed by atoms with Crippen LogP contribution in [0, 0.1) is 6.92 Å². The van der Waals surface area contributed by atoms with Crippen molar-refractivity contribution in [3.05, 3.63) is 76.4 Å². The zero-order valence-electron chi connectivity index (χ0n) is 15.7. The fraction of sp³-hybridized carbons (Fsp3) is 0.0909. The lowest BCUT2D eigenvalue weighted by atomic mass is 10.0. The van der Waals surface area contributed by atoms with Crippen molar-refractivity contribution in [2.45, 2.75) is 6.92 Å². The average molecular weight is 403 g/mol. The molecular weight excluding hydrogens is 388 g/mol. The average Bonchev–Trinajstić information content (AvgIpc) is 3.21. The van der Waals surface area contributed by atoms with Gasteiger partial charge < -0.3 is 0 Å². The highest BCUT2D eigenvalue weighted by molar-refractivity contribution is 6.30. The number of fused-ring (bicyclic) bond motifs is 3. The summed E-state index contributed by atoms with van der Waals surface area (Å²) in [5, 5.41) is 5.98. The van der Waals surface area contributed by atoms with Crippen LogP contribution < -0.4 is 0 Å². The molecule has 0 atom stereocenters. The van der Waals surface area contributed by atoms with Gasteiger partial charge in [0.05, 0.1) is 22.2 Å². The molecule has 0 aliphatic carbocycles. The summed E-state index contributed by atoms with van der Waals surface area (Å²) in [6, 6.07) is 15.0. The normalized spacial score (nSPS) is 13.4. The summed E-state index contributed by atoms with van der Waals surface area (Å²) in [4.78, 5) is 31.0. The maximum atomic E-state index is 12.9. The summed E-state index contributed by atoms with van der Waals surface area (Å²) < 4.78 is 1.73. The number of carbonyl (C=O) groups is 2. The van der Waals surface area contributed by atoms with Crippen molar-refractivity contribution in [2.24, 2.45) is 0 Å². The van der Waals surface area contributed by atoms with Crippen molar-refractivity contribution in [3.8, 4) is 16.9 Å². The number of aryl methyl sites for hydroxylation is 1. The minimum atomic E-state index is -0.356. The van der Waals surface area contributed by atoms with Gasteiger partial charge in [-0.15, -0.1) is 0 Å². The minimum absolute atomic E-state index is 0.296. The molecule has 2 amide bonds. The van der Waals surface area contributed by atoms with Gasteiger partial charge >= 0.3 is 0 Å². The van der Waals surface area contributed by atoms with Gasteiger partial charge in [-0.3, -0.25) is 14.5 Å². The number of pyridine rings is 1. The zero-order chi connectivity index (χ0) is 20.3. The standard InChI is InChI=1S/C22H15ClN4O2/c1-12-5-3-4-6-16(12)27-20-18(19(25-27)13-7-9-14(23)10-8-13)17-15(11-24-20)21(28)26(2)22(17)29/h3-11H,1-2H3. The molecule has 0 spiro atoms. The Bertz CT molecular complexity index is 1320. The zero-order valence-corrected chi connectivity index (χ0v) is 16.4. The Labute approximate surface area is 171 Å². The molecule has 29 heavy (non-hydrogen) atoms. The number of carbonyl (C=O) groups excluding carboxylic acids is 2. The molecule has 5 rings (SSSR count). The molecule has 0 N–H and O–H groups in total. The minimum Gasteiger partial charge on any atom is -0.277 e. The van der Waals surface area contributed by atoms with E-state index in [9.17, 15) is 9.59 Å². The maximum absolute atomic E-state index is 12.9. The topological polar surface area (TPSA) is 68.1 Å². The molecule has 0 saturated carbocycles. The number of imide groups is 1. The first-order chi connectivity index (χ1) is 14.0. The molecule has 0 unspecified atom stereocenters. The molecule has 2 aromatic carbocycles. The molecule has 0 radical (unpaired) electrons. The van der Waals surface area contributed by atoms with Gasteiger partial charge in [0, 0.05) is 23.8 Å². The molecule has 142 valence electrons. The van der Waals surface area contributed by atoms with E-state index in [1.165, 1.54) is 13.2 Å². The SMILES string of the molecule is Cc1ccccc1-n1nc(-c2ccc(Cl)cc2)c2c3c(cnc21)C(=O)N(C)C3=O. The molecule has 7 heteroatoms. The van der Waals surface area contributed by atoms with Gasteiger partial charge in [0.2, 0.25) is 0 Å². The van der Waals surface area contributed by atoms with Crippen LogP contribution in [0.2, 0.25) is 5.02 Å². The Kier molecular flexibility index (Phi) is 3.79. The monoisotopic (exact) mass is 402 g/mol. The Morgan fingerprint density at radius 1 is 0.966 bits per heavy atom. The highest BCUT2D eigenvalue weighted by Crippen LogP contribution is 2.36. The second-order valence-corrected chi connectivity index (χ2v) is 7.41. The largest absolute Gasteiger partial charge is 0.277 e. The van der Waals surface area contributed by atoms with Crippen LogP contribution in [0.15, 0.2) is 54.7 Å². The van der Waals surface area contributed by atoms with Crippen LogP contribution in [-0.2, 0) is 0 Å². The van der Waals surface area contributed by atoms with Gasteiger partial charge in [-0.25, -0.2) is 9.67 Å². The first-order valence-electron chi connectivity index (χ1n) is 9.03. The van der Waals surface area contributed by atoms with E-state index in [4.69, 9.17) is 16.7 Å². The Balaban J connectivity index is 1.91. The first-order valence-corrected chi connectivity index (χ1v) is 9.41. The van der Waals surface area contributed by atoms with Crippen molar-refractivity contribution in [2.75, 3.05) is 7.05 Å². The van der Waals surface area contributed by atoms with Gasteiger partial charge in [-0.1, -0.05) is 41.9 Å². The van der Waals surface area contributed by atoms with Gasteiger partial charge in [0.1, 0.15) is 5.69 Å². The summed E-state index contributed by atoms with van der Waals surface area (Å²) in [5.41, 5.74) is 4.41. The summed E-state index contributed by atoms with van der Waals surface area (Å²) in [6.45, 7) is 1.99. The Morgan fingerprint density at radius 2 is 1.69 bits per heavy atom. The molecule has 0 fully saturated rings.